The van der Waals surface area contributed by atoms with Gasteiger partial charge in [0.05, 0.1) is 5.69 Å². The Morgan fingerprint density at radius 1 is 1.08 bits per heavy atom. The molecule has 25 heavy (non-hydrogen) atoms. The lowest BCUT2D eigenvalue weighted by Gasteiger charge is -2.21. The van der Waals surface area contributed by atoms with E-state index < -0.39 is 0 Å². The predicted octanol–water partition coefficient (Wildman–Crippen LogP) is 3.49. The van der Waals surface area contributed by atoms with Crippen LogP contribution in [0.5, 0.6) is 11.5 Å². The van der Waals surface area contributed by atoms with Gasteiger partial charge in [-0.05, 0) is 48.4 Å². The van der Waals surface area contributed by atoms with Crippen molar-refractivity contribution in [3.8, 4) is 17.2 Å². The average molecular weight is 335 g/mol. The van der Waals surface area contributed by atoms with Crippen molar-refractivity contribution in [2.45, 2.75) is 19.5 Å². The van der Waals surface area contributed by atoms with Crippen molar-refractivity contribution >= 4 is 0 Å². The molecule has 1 atom stereocenters. The fourth-order valence-corrected chi connectivity index (χ4v) is 2.91. The van der Waals surface area contributed by atoms with E-state index in [1.165, 1.54) is 11.1 Å². The zero-order valence-electron chi connectivity index (χ0n) is 14.2. The first kappa shape index (κ1) is 15.7. The molecule has 0 unspecified atom stereocenters. The molecule has 5 heteroatoms. The lowest BCUT2D eigenvalue weighted by Crippen LogP contribution is -2.19. The fourth-order valence-electron chi connectivity index (χ4n) is 2.91. The van der Waals surface area contributed by atoms with E-state index in [4.69, 9.17) is 9.47 Å². The van der Waals surface area contributed by atoms with Gasteiger partial charge in [0.1, 0.15) is 13.2 Å². The second kappa shape index (κ2) is 6.99. The molecule has 5 nitrogen and oxygen atoms in total. The molecular formula is C20H21N3O2. The molecule has 3 aromatic rings. The Kier molecular flexibility index (Phi) is 4.39. The molecule has 128 valence electrons. The topological polar surface area (TPSA) is 48.3 Å². The van der Waals surface area contributed by atoms with Gasteiger partial charge in [0.15, 0.2) is 11.5 Å². The maximum Gasteiger partial charge on any atom is 0.161 e. The second-order valence-corrected chi connectivity index (χ2v) is 6.12. The van der Waals surface area contributed by atoms with E-state index in [-0.39, 0.29) is 6.04 Å². The molecule has 0 fully saturated rings. The molecule has 0 saturated carbocycles. The van der Waals surface area contributed by atoms with Crippen LogP contribution in [0.2, 0.25) is 0 Å². The summed E-state index contributed by atoms with van der Waals surface area (Å²) >= 11 is 0. The molecule has 0 amide bonds. The Bertz CT molecular complexity index is 829. The maximum atomic E-state index is 5.66. The monoisotopic (exact) mass is 335 g/mol. The van der Waals surface area contributed by atoms with Gasteiger partial charge in [-0.1, -0.05) is 18.2 Å². The van der Waals surface area contributed by atoms with Crippen LogP contribution < -0.4 is 14.8 Å². The normalized spacial score (nSPS) is 14.3. The standard InChI is InChI=1S/C20H21N3O2/c1-15(17-5-8-19-20(13-17)25-12-11-24-19)21-14-16-3-6-18(7-4-16)23-10-2-9-22-23/h2-10,13,15,21H,11-12,14H2,1H3/t15-/m0/s1. The van der Waals surface area contributed by atoms with Crippen LogP contribution in [0.15, 0.2) is 60.9 Å². The molecule has 4 rings (SSSR count). The van der Waals surface area contributed by atoms with Gasteiger partial charge in [-0.15, -0.1) is 0 Å². The van der Waals surface area contributed by atoms with Gasteiger partial charge in [0, 0.05) is 25.0 Å². The van der Waals surface area contributed by atoms with Crippen LogP contribution in [-0.2, 0) is 6.54 Å². The van der Waals surface area contributed by atoms with Crippen molar-refractivity contribution in [1.29, 1.82) is 0 Å². The molecule has 0 spiro atoms. The molecule has 1 aromatic heterocycles. The maximum absolute atomic E-state index is 5.66. The zero-order chi connectivity index (χ0) is 17.1. The molecule has 0 radical (unpaired) electrons. The van der Waals surface area contributed by atoms with Crippen LogP contribution >= 0.6 is 0 Å². The summed E-state index contributed by atoms with van der Waals surface area (Å²) in [6, 6.07) is 16.7. The predicted molar refractivity (Wildman–Crippen MR) is 96.3 cm³/mol. The van der Waals surface area contributed by atoms with Crippen LogP contribution in [0.25, 0.3) is 5.69 Å². The van der Waals surface area contributed by atoms with Gasteiger partial charge in [0.2, 0.25) is 0 Å². The number of hydrogen-bond donors (Lipinski definition) is 1. The zero-order valence-corrected chi connectivity index (χ0v) is 14.2. The second-order valence-electron chi connectivity index (χ2n) is 6.12. The highest BCUT2D eigenvalue weighted by Gasteiger charge is 2.14. The molecule has 0 aliphatic carbocycles. The van der Waals surface area contributed by atoms with Crippen molar-refractivity contribution in [2.75, 3.05) is 13.2 Å². The number of nitrogens with zero attached hydrogens (tertiary/aromatic N) is 2. The summed E-state index contributed by atoms with van der Waals surface area (Å²) < 4.78 is 13.1. The highest BCUT2D eigenvalue weighted by atomic mass is 16.6. The van der Waals surface area contributed by atoms with Gasteiger partial charge >= 0.3 is 0 Å². The summed E-state index contributed by atoms with van der Waals surface area (Å²) in [7, 11) is 0. The quantitative estimate of drug-likeness (QED) is 0.775. The minimum atomic E-state index is 0.224. The SMILES string of the molecule is C[C@H](NCc1ccc(-n2cccn2)cc1)c1ccc2c(c1)OCCO2. The summed E-state index contributed by atoms with van der Waals surface area (Å²) in [6.45, 7) is 4.19. The summed E-state index contributed by atoms with van der Waals surface area (Å²) in [5.74, 6) is 1.66. The van der Waals surface area contributed by atoms with Gasteiger partial charge in [-0.3, -0.25) is 0 Å². The number of hydrogen-bond acceptors (Lipinski definition) is 4. The van der Waals surface area contributed by atoms with Gasteiger partial charge in [-0.2, -0.15) is 5.10 Å². The number of ether oxygens (including phenoxy) is 2. The summed E-state index contributed by atoms with van der Waals surface area (Å²) in [4.78, 5) is 0. The fraction of sp³-hybridized carbons (Fsp3) is 0.250. The molecule has 1 aliphatic rings. The first-order valence-electron chi connectivity index (χ1n) is 8.51. The molecule has 0 bridgehead atoms. The summed E-state index contributed by atoms with van der Waals surface area (Å²) in [5, 5.41) is 7.80. The molecule has 2 aromatic carbocycles. The number of benzene rings is 2. The highest BCUT2D eigenvalue weighted by molar-refractivity contribution is 5.44. The van der Waals surface area contributed by atoms with Crippen molar-refractivity contribution in [3.63, 3.8) is 0 Å². The van der Waals surface area contributed by atoms with Crippen LogP contribution in [0, 0.1) is 0 Å². The van der Waals surface area contributed by atoms with Crippen LogP contribution in [0.4, 0.5) is 0 Å². The van der Waals surface area contributed by atoms with Crippen LogP contribution in [0.1, 0.15) is 24.1 Å². The first-order chi connectivity index (χ1) is 12.3. The minimum absolute atomic E-state index is 0.224. The minimum Gasteiger partial charge on any atom is -0.486 e. The van der Waals surface area contributed by atoms with Crippen molar-refractivity contribution in [2.24, 2.45) is 0 Å². The van der Waals surface area contributed by atoms with E-state index in [9.17, 15) is 0 Å². The van der Waals surface area contributed by atoms with Gasteiger partial charge in [0.25, 0.3) is 0 Å². The molecular weight excluding hydrogens is 314 g/mol. The molecule has 2 heterocycles. The number of fused-ring (bicyclic) bond motifs is 1. The number of nitrogens with one attached hydrogen (secondary N) is 1. The van der Waals surface area contributed by atoms with E-state index in [2.05, 4.69) is 53.7 Å². The third-order valence-corrected chi connectivity index (χ3v) is 4.38. The third kappa shape index (κ3) is 3.51. The van der Waals surface area contributed by atoms with Crippen molar-refractivity contribution in [1.82, 2.24) is 15.1 Å². The number of aromatic nitrogens is 2. The first-order valence-corrected chi connectivity index (χ1v) is 8.51. The summed E-state index contributed by atoms with van der Waals surface area (Å²) in [6.07, 6.45) is 3.72. The van der Waals surface area contributed by atoms with Gasteiger partial charge < -0.3 is 14.8 Å². The Labute approximate surface area is 147 Å². The van der Waals surface area contributed by atoms with E-state index in [1.54, 1.807) is 6.20 Å². The highest BCUT2D eigenvalue weighted by Crippen LogP contribution is 2.32. The molecule has 1 N–H and O–H groups in total. The Hall–Kier alpha value is -2.79. The van der Waals surface area contributed by atoms with Crippen LogP contribution in [0.3, 0.4) is 0 Å². The van der Waals surface area contributed by atoms with Gasteiger partial charge in [-0.25, -0.2) is 4.68 Å². The smallest absolute Gasteiger partial charge is 0.161 e. The van der Waals surface area contributed by atoms with Crippen molar-refractivity contribution in [3.05, 3.63) is 72.1 Å². The lowest BCUT2D eigenvalue weighted by atomic mass is 10.1. The number of rotatable bonds is 5. The lowest BCUT2D eigenvalue weighted by molar-refractivity contribution is 0.171. The van der Waals surface area contributed by atoms with E-state index in [1.807, 2.05) is 23.0 Å². The third-order valence-electron chi connectivity index (χ3n) is 4.38. The van der Waals surface area contributed by atoms with Crippen molar-refractivity contribution < 1.29 is 9.47 Å². The Morgan fingerprint density at radius 2 is 1.88 bits per heavy atom. The molecule has 0 saturated heterocycles. The molecule has 1 aliphatic heterocycles. The Morgan fingerprint density at radius 3 is 2.64 bits per heavy atom. The Balaban J connectivity index is 1.39. The van der Waals surface area contributed by atoms with E-state index in [0.29, 0.717) is 13.2 Å². The van der Waals surface area contributed by atoms with E-state index in [0.717, 1.165) is 23.7 Å². The average Bonchev–Trinajstić information content (AvgIpc) is 3.21. The largest absolute Gasteiger partial charge is 0.486 e. The van der Waals surface area contributed by atoms with Crippen LogP contribution in [-0.4, -0.2) is 23.0 Å². The van der Waals surface area contributed by atoms with E-state index >= 15 is 0 Å². The summed E-state index contributed by atoms with van der Waals surface area (Å²) in [5.41, 5.74) is 3.49.